The minimum absolute atomic E-state index is 0.0174. The molecule has 0 amide bonds. The maximum atomic E-state index is 11.6. The van der Waals surface area contributed by atoms with Gasteiger partial charge < -0.3 is 10.4 Å². The summed E-state index contributed by atoms with van der Waals surface area (Å²) in [6, 6.07) is 8.68. The Labute approximate surface area is 97.2 Å². The largest absolute Gasteiger partial charge is 0.593 e. The number of benzene rings is 1. The van der Waals surface area contributed by atoms with Crippen LogP contribution in [-0.4, -0.2) is 10.1 Å². The summed E-state index contributed by atoms with van der Waals surface area (Å²) in [5.74, 6) is 0. The topological polar surface area (TPSA) is 81.5 Å². The molecule has 0 aliphatic carbocycles. The first-order valence-electron chi connectivity index (χ1n) is 5.16. The van der Waals surface area contributed by atoms with Crippen LogP contribution in [0, 0.1) is 10.1 Å². The first-order valence-corrected chi connectivity index (χ1v) is 5.16. The van der Waals surface area contributed by atoms with E-state index in [9.17, 15) is 15.3 Å². The number of rotatable bonds is 3. The molecule has 0 aliphatic heterocycles. The SMILES string of the molecule is CCc1c(N=O)c(-c2ccccc2)n(O)[n+]1[O-]. The first-order chi connectivity index (χ1) is 8.20. The van der Waals surface area contributed by atoms with E-state index in [2.05, 4.69) is 5.18 Å². The van der Waals surface area contributed by atoms with Gasteiger partial charge in [0.05, 0.1) is 0 Å². The number of nitrogens with zero attached hydrogens (tertiary/aromatic N) is 3. The van der Waals surface area contributed by atoms with Crippen LogP contribution >= 0.6 is 0 Å². The van der Waals surface area contributed by atoms with Crippen LogP contribution < -0.4 is 4.85 Å². The van der Waals surface area contributed by atoms with Gasteiger partial charge in [0.2, 0.25) is 5.69 Å². The molecule has 0 bridgehead atoms. The second-order valence-electron chi connectivity index (χ2n) is 3.52. The standard InChI is InChI=1S/C11H11N3O3/c1-2-9-10(12-15)11(14(17)13(9)16)8-6-4-3-5-7-8/h3-7,17H,2H2,1H3. The second kappa shape index (κ2) is 4.25. The average Bonchev–Trinajstić information content (AvgIpc) is 2.62. The highest BCUT2D eigenvalue weighted by Crippen LogP contribution is 2.31. The number of hydrogen-bond acceptors (Lipinski definition) is 4. The summed E-state index contributed by atoms with van der Waals surface area (Å²) < 4.78 is 0. The van der Waals surface area contributed by atoms with E-state index in [-0.39, 0.29) is 21.9 Å². The lowest BCUT2D eigenvalue weighted by Crippen LogP contribution is -2.39. The molecule has 0 atom stereocenters. The Hall–Kier alpha value is -2.37. The molecule has 2 rings (SSSR count). The molecular formula is C11H11N3O3. The van der Waals surface area contributed by atoms with Crippen molar-refractivity contribution in [3.05, 3.63) is 46.1 Å². The molecule has 0 saturated carbocycles. The van der Waals surface area contributed by atoms with Gasteiger partial charge in [-0.3, -0.25) is 0 Å². The zero-order chi connectivity index (χ0) is 12.4. The van der Waals surface area contributed by atoms with E-state index in [4.69, 9.17) is 0 Å². The predicted octanol–water partition coefficient (Wildman–Crippen LogP) is 1.99. The summed E-state index contributed by atoms with van der Waals surface area (Å²) in [4.78, 5) is 11.5. The smallest absolute Gasteiger partial charge is 0.254 e. The van der Waals surface area contributed by atoms with Crippen LogP contribution in [0.25, 0.3) is 11.3 Å². The number of nitroso groups, excluding NO2 is 1. The molecule has 0 radical (unpaired) electrons. The highest BCUT2D eigenvalue weighted by molar-refractivity contribution is 5.72. The lowest BCUT2D eigenvalue weighted by molar-refractivity contribution is -0.730. The summed E-state index contributed by atoms with van der Waals surface area (Å²) in [6.07, 6.45) is 0.317. The van der Waals surface area contributed by atoms with E-state index >= 15 is 0 Å². The minimum atomic E-state index is -0.0174. The first kappa shape index (κ1) is 11.1. The van der Waals surface area contributed by atoms with Crippen LogP contribution in [-0.2, 0) is 6.42 Å². The van der Waals surface area contributed by atoms with E-state index in [1.807, 2.05) is 0 Å². The summed E-state index contributed by atoms with van der Waals surface area (Å²) in [6.45, 7) is 1.72. The quantitative estimate of drug-likeness (QED) is 0.381. The number of aromatic nitrogens is 2. The van der Waals surface area contributed by atoms with E-state index in [0.29, 0.717) is 16.8 Å². The van der Waals surface area contributed by atoms with Gasteiger partial charge in [-0.25, -0.2) is 0 Å². The summed E-state index contributed by atoms with van der Waals surface area (Å²) in [7, 11) is 0. The Morgan fingerprint density at radius 3 is 2.59 bits per heavy atom. The average molecular weight is 233 g/mol. The molecule has 0 fully saturated rings. The molecule has 0 spiro atoms. The van der Waals surface area contributed by atoms with Gasteiger partial charge in [0, 0.05) is 16.8 Å². The van der Waals surface area contributed by atoms with E-state index in [0.717, 1.165) is 0 Å². The summed E-state index contributed by atoms with van der Waals surface area (Å²) >= 11 is 0. The van der Waals surface area contributed by atoms with Gasteiger partial charge in [-0.05, 0) is 10.0 Å². The lowest BCUT2D eigenvalue weighted by atomic mass is 10.1. The van der Waals surface area contributed by atoms with Gasteiger partial charge in [-0.1, -0.05) is 37.3 Å². The fourth-order valence-electron chi connectivity index (χ4n) is 1.77. The van der Waals surface area contributed by atoms with Crippen LogP contribution in [0.2, 0.25) is 0 Å². The third-order valence-corrected chi connectivity index (χ3v) is 2.57. The van der Waals surface area contributed by atoms with Crippen LogP contribution in [0.3, 0.4) is 0 Å². The van der Waals surface area contributed by atoms with Gasteiger partial charge in [0.1, 0.15) is 0 Å². The Kier molecular flexibility index (Phi) is 2.78. The molecular weight excluding hydrogens is 222 g/mol. The van der Waals surface area contributed by atoms with Crippen molar-refractivity contribution < 1.29 is 10.1 Å². The Bertz CT molecular complexity index is 549. The van der Waals surface area contributed by atoms with Gasteiger partial charge in [0.15, 0.2) is 5.69 Å². The number of hydrogen-bond donors (Lipinski definition) is 1. The van der Waals surface area contributed by atoms with Crippen molar-refractivity contribution in [3.63, 3.8) is 0 Å². The third kappa shape index (κ3) is 1.63. The zero-order valence-corrected chi connectivity index (χ0v) is 9.20. The van der Waals surface area contributed by atoms with Gasteiger partial charge in [0.25, 0.3) is 5.69 Å². The molecule has 88 valence electrons. The van der Waals surface area contributed by atoms with Crippen LogP contribution in [0.15, 0.2) is 35.5 Å². The highest BCUT2D eigenvalue weighted by Gasteiger charge is 2.28. The fourth-order valence-corrected chi connectivity index (χ4v) is 1.77. The molecule has 0 unspecified atom stereocenters. The molecule has 1 heterocycles. The molecule has 2 aromatic rings. The highest BCUT2D eigenvalue weighted by atomic mass is 16.6. The van der Waals surface area contributed by atoms with Gasteiger partial charge >= 0.3 is 0 Å². The van der Waals surface area contributed by atoms with Crippen molar-refractivity contribution in [3.8, 4) is 11.3 Å². The molecule has 0 aliphatic rings. The summed E-state index contributed by atoms with van der Waals surface area (Å²) in [5, 5.41) is 24.1. The van der Waals surface area contributed by atoms with Crippen molar-refractivity contribution in [1.29, 1.82) is 0 Å². The second-order valence-corrected chi connectivity index (χ2v) is 3.52. The molecule has 1 aromatic carbocycles. The van der Waals surface area contributed by atoms with Crippen molar-refractivity contribution >= 4 is 5.69 Å². The summed E-state index contributed by atoms with van der Waals surface area (Å²) in [5.41, 5.74) is 0.818. The Morgan fingerprint density at radius 2 is 2.06 bits per heavy atom. The maximum absolute atomic E-state index is 11.6. The van der Waals surface area contributed by atoms with Crippen molar-refractivity contribution in [2.75, 3.05) is 0 Å². The van der Waals surface area contributed by atoms with E-state index < -0.39 is 0 Å². The molecule has 0 saturated heterocycles. The Morgan fingerprint density at radius 1 is 1.41 bits per heavy atom. The van der Waals surface area contributed by atoms with Crippen molar-refractivity contribution in [1.82, 2.24) is 4.85 Å². The molecule has 17 heavy (non-hydrogen) atoms. The molecule has 1 aromatic heterocycles. The van der Waals surface area contributed by atoms with Crippen molar-refractivity contribution in [2.24, 2.45) is 5.18 Å². The lowest BCUT2D eigenvalue weighted by Gasteiger charge is -1.99. The zero-order valence-electron chi connectivity index (χ0n) is 9.20. The van der Waals surface area contributed by atoms with E-state index in [1.54, 1.807) is 37.3 Å². The monoisotopic (exact) mass is 233 g/mol. The van der Waals surface area contributed by atoms with Crippen LogP contribution in [0.5, 0.6) is 0 Å². The van der Waals surface area contributed by atoms with E-state index in [1.165, 1.54) is 0 Å². The van der Waals surface area contributed by atoms with Crippen LogP contribution in [0.4, 0.5) is 5.69 Å². The minimum Gasteiger partial charge on any atom is -0.593 e. The fraction of sp³-hybridized carbons (Fsp3) is 0.182. The maximum Gasteiger partial charge on any atom is 0.254 e. The normalized spacial score (nSPS) is 10.4. The van der Waals surface area contributed by atoms with Gasteiger partial charge in [-0.2, -0.15) is 0 Å². The third-order valence-electron chi connectivity index (χ3n) is 2.57. The van der Waals surface area contributed by atoms with Crippen molar-refractivity contribution in [2.45, 2.75) is 13.3 Å². The molecule has 1 N–H and O–H groups in total. The predicted molar refractivity (Wildman–Crippen MR) is 60.8 cm³/mol. The molecule has 6 nitrogen and oxygen atoms in total. The molecule has 6 heteroatoms. The van der Waals surface area contributed by atoms with Gasteiger partial charge in [-0.15, -0.1) is 4.91 Å². The Balaban J connectivity index is 2.74. The van der Waals surface area contributed by atoms with Crippen LogP contribution in [0.1, 0.15) is 12.6 Å².